The summed E-state index contributed by atoms with van der Waals surface area (Å²) >= 11 is 0. The SMILES string of the molecule is CCOP1(F)=N[PH](F)(F)N(F)P(F)(F)(F)N1F. The van der Waals surface area contributed by atoms with Gasteiger partial charge in [0.25, 0.3) is 0 Å². The molecule has 0 saturated carbocycles. The van der Waals surface area contributed by atoms with Crippen molar-refractivity contribution in [1.82, 2.24) is 9.33 Å². The molecular weight excluding hydrogens is 327 g/mol. The molecule has 1 unspecified atom stereocenters. The van der Waals surface area contributed by atoms with E-state index in [1.165, 1.54) is 0 Å². The molecule has 0 N–H and O–H groups in total. The van der Waals surface area contributed by atoms with Crippen LogP contribution in [0.3, 0.4) is 0 Å². The van der Waals surface area contributed by atoms with Crippen LogP contribution in [-0.2, 0) is 4.52 Å². The van der Waals surface area contributed by atoms with Crippen LogP contribution >= 0.6 is 23.8 Å². The number of nitrogens with zero attached hydrogens (tertiary/aromatic N) is 3. The van der Waals surface area contributed by atoms with Crippen molar-refractivity contribution in [2.75, 3.05) is 6.61 Å². The normalized spacial score (nSPS) is 40.9. The predicted molar refractivity (Wildman–Crippen MR) is 48.8 cm³/mol. The molecule has 0 aromatic heterocycles. The summed E-state index contributed by atoms with van der Waals surface area (Å²) in [5.41, 5.74) is 0. The zero-order chi connectivity index (χ0) is 13.7. The predicted octanol–water partition coefficient (Wildman–Crippen LogP) is 5.71. The first-order valence-corrected chi connectivity index (χ1v) is 8.79. The minimum atomic E-state index is -8.98. The molecule has 0 amide bonds. The summed E-state index contributed by atoms with van der Waals surface area (Å²) < 4.78 is 102. The first kappa shape index (κ1) is 15.5. The van der Waals surface area contributed by atoms with E-state index in [1.54, 1.807) is 4.52 Å². The fourth-order valence-electron chi connectivity index (χ4n) is 0.892. The van der Waals surface area contributed by atoms with E-state index in [1.807, 2.05) is 0 Å². The summed E-state index contributed by atoms with van der Waals surface area (Å²) in [6, 6.07) is 0. The third-order valence-electron chi connectivity index (χ3n) is 1.50. The molecule has 1 aliphatic rings. The average Bonchev–Trinajstić information content (AvgIpc) is 2.12. The van der Waals surface area contributed by atoms with Gasteiger partial charge >= 0.3 is 89.8 Å². The van der Waals surface area contributed by atoms with Crippen LogP contribution in [0.15, 0.2) is 4.52 Å². The van der Waals surface area contributed by atoms with Crippen molar-refractivity contribution in [3.8, 4) is 0 Å². The van der Waals surface area contributed by atoms with Gasteiger partial charge in [0.1, 0.15) is 0 Å². The number of hydrogen-bond donors (Lipinski definition) is 0. The molecular formula is C2H6F8N3OP3. The Balaban J connectivity index is 3.47. The summed E-state index contributed by atoms with van der Waals surface area (Å²) in [7, 11) is -22.2. The Labute approximate surface area is 90.8 Å². The van der Waals surface area contributed by atoms with Gasteiger partial charge in [-0.1, -0.05) is 0 Å². The van der Waals surface area contributed by atoms with E-state index >= 15 is 0 Å². The molecule has 0 saturated heterocycles. The number of halogens is 8. The first-order valence-electron chi connectivity index (χ1n) is 3.82. The van der Waals surface area contributed by atoms with E-state index in [4.69, 9.17) is 0 Å². The topological polar surface area (TPSA) is 28.1 Å². The molecule has 1 rings (SSSR count). The van der Waals surface area contributed by atoms with Gasteiger partial charge in [-0.2, -0.15) is 0 Å². The van der Waals surface area contributed by atoms with Crippen molar-refractivity contribution in [2.45, 2.75) is 6.92 Å². The van der Waals surface area contributed by atoms with Gasteiger partial charge in [-0.15, -0.1) is 0 Å². The third-order valence-corrected chi connectivity index (χ3v) is 9.15. The molecule has 17 heavy (non-hydrogen) atoms. The zero-order valence-corrected chi connectivity index (χ0v) is 10.7. The van der Waals surface area contributed by atoms with E-state index in [9.17, 15) is 34.1 Å². The number of rotatable bonds is 2. The van der Waals surface area contributed by atoms with Crippen LogP contribution in [0, 0.1) is 0 Å². The molecule has 4 nitrogen and oxygen atoms in total. The van der Waals surface area contributed by atoms with Crippen LogP contribution in [0.4, 0.5) is 34.1 Å². The van der Waals surface area contributed by atoms with Gasteiger partial charge in [0.2, 0.25) is 0 Å². The second kappa shape index (κ2) is 3.95. The summed E-state index contributed by atoms with van der Waals surface area (Å²) in [4.78, 5) is 0. The molecule has 1 heterocycles. The molecule has 0 fully saturated rings. The Morgan fingerprint density at radius 3 is 2.18 bits per heavy atom. The second-order valence-electron chi connectivity index (χ2n) is 2.74. The van der Waals surface area contributed by atoms with Crippen molar-refractivity contribution in [2.24, 2.45) is 4.52 Å². The minimum absolute atomic E-state index is 0.822. The number of hydrogen-bond acceptors (Lipinski definition) is 4. The maximum atomic E-state index is 13.3. The second-order valence-corrected chi connectivity index (χ2v) is 9.37. The fourth-order valence-corrected chi connectivity index (χ4v) is 7.92. The fraction of sp³-hybridized carbons (Fsp3) is 1.00. The van der Waals surface area contributed by atoms with E-state index in [0.29, 0.717) is 0 Å². The van der Waals surface area contributed by atoms with Crippen LogP contribution in [0.2, 0.25) is 0 Å². The Morgan fingerprint density at radius 2 is 1.76 bits per heavy atom. The van der Waals surface area contributed by atoms with Gasteiger partial charge in [0.05, 0.1) is 0 Å². The molecule has 0 bridgehead atoms. The van der Waals surface area contributed by atoms with E-state index in [0.717, 1.165) is 6.92 Å². The van der Waals surface area contributed by atoms with E-state index < -0.39 is 39.7 Å². The zero-order valence-electron chi connectivity index (χ0n) is 7.88. The molecule has 106 valence electrons. The van der Waals surface area contributed by atoms with E-state index in [2.05, 4.69) is 4.52 Å². The Morgan fingerprint density at radius 1 is 1.29 bits per heavy atom. The van der Waals surface area contributed by atoms with Crippen molar-refractivity contribution in [3.05, 3.63) is 0 Å². The molecule has 1 atom stereocenters. The van der Waals surface area contributed by atoms with Crippen molar-refractivity contribution >= 4 is 23.8 Å². The Bertz CT molecular complexity index is 380. The molecule has 15 heteroatoms. The quantitative estimate of drug-likeness (QED) is 0.368. The average molecular weight is 333 g/mol. The Hall–Kier alpha value is 0.410. The summed E-state index contributed by atoms with van der Waals surface area (Å²) in [6.07, 6.45) is 0. The molecule has 0 aromatic rings. The van der Waals surface area contributed by atoms with Crippen molar-refractivity contribution < 1.29 is 38.7 Å². The molecule has 0 aliphatic carbocycles. The van der Waals surface area contributed by atoms with Gasteiger partial charge in [0.15, 0.2) is 0 Å². The summed E-state index contributed by atoms with van der Waals surface area (Å²) in [5.74, 6) is 0. The summed E-state index contributed by atoms with van der Waals surface area (Å²) in [6.45, 7) is 0.132. The van der Waals surface area contributed by atoms with Crippen LogP contribution in [-0.4, -0.2) is 15.9 Å². The van der Waals surface area contributed by atoms with Gasteiger partial charge in [0, 0.05) is 0 Å². The molecule has 0 radical (unpaired) electrons. The first-order chi connectivity index (χ1) is 7.36. The van der Waals surface area contributed by atoms with Crippen LogP contribution in [0.1, 0.15) is 6.92 Å². The van der Waals surface area contributed by atoms with Gasteiger partial charge in [-0.05, 0) is 0 Å². The van der Waals surface area contributed by atoms with E-state index in [-0.39, 0.29) is 0 Å². The van der Waals surface area contributed by atoms with Crippen LogP contribution < -0.4 is 0 Å². The standard InChI is InChI=1S/C2H6F8N3OP3/c1-2-14-16(7)11-15(5,6)12(3)17(8,9,10)13(16)4/h15H,2H2,1H3. The third kappa shape index (κ3) is 2.31. The van der Waals surface area contributed by atoms with Gasteiger partial charge < -0.3 is 0 Å². The van der Waals surface area contributed by atoms with Gasteiger partial charge in [-0.25, -0.2) is 0 Å². The monoisotopic (exact) mass is 333 g/mol. The van der Waals surface area contributed by atoms with Gasteiger partial charge in [-0.3, -0.25) is 0 Å². The van der Waals surface area contributed by atoms with Crippen molar-refractivity contribution in [1.29, 1.82) is 0 Å². The molecule has 0 aromatic carbocycles. The Kier molecular flexibility index (Phi) is 3.59. The van der Waals surface area contributed by atoms with Crippen LogP contribution in [0.25, 0.3) is 0 Å². The van der Waals surface area contributed by atoms with Crippen molar-refractivity contribution in [3.63, 3.8) is 0 Å². The molecule has 1 aliphatic heterocycles. The summed E-state index contributed by atoms with van der Waals surface area (Å²) in [5, 5.41) is 0. The van der Waals surface area contributed by atoms with Crippen LogP contribution in [0.5, 0.6) is 0 Å². The molecule has 0 spiro atoms. The maximum absolute atomic E-state index is 13.3.